The van der Waals surface area contributed by atoms with E-state index in [1.54, 1.807) is 0 Å². The fourth-order valence-electron chi connectivity index (χ4n) is 3.41. The van der Waals surface area contributed by atoms with Crippen LogP contribution in [0.3, 0.4) is 0 Å². The van der Waals surface area contributed by atoms with Gasteiger partial charge < -0.3 is 0 Å². The summed E-state index contributed by atoms with van der Waals surface area (Å²) < 4.78 is 0. The van der Waals surface area contributed by atoms with Crippen LogP contribution in [0, 0.1) is 13.8 Å². The zero-order chi connectivity index (χ0) is 23.1. The molecule has 4 aromatic rings. The summed E-state index contributed by atoms with van der Waals surface area (Å²) in [5.41, 5.74) is 5.33. The van der Waals surface area contributed by atoms with Crippen LogP contribution in [0.2, 0.25) is 0 Å². The second kappa shape index (κ2) is 15.3. The van der Waals surface area contributed by atoms with Crippen molar-refractivity contribution in [3.05, 3.63) is 83.9 Å². The summed E-state index contributed by atoms with van der Waals surface area (Å²) >= 11 is 0. The average molecular weight is 403 g/mol. The Morgan fingerprint density at radius 1 is 0.467 bits per heavy atom. The first kappa shape index (κ1) is 27.4. The Labute approximate surface area is 186 Å². The van der Waals surface area contributed by atoms with E-state index in [0.29, 0.717) is 0 Å². The van der Waals surface area contributed by atoms with Crippen LogP contribution in [0.5, 0.6) is 0 Å². The summed E-state index contributed by atoms with van der Waals surface area (Å²) in [6, 6.07) is 26.3. The molecular formula is C30H42. The zero-order valence-corrected chi connectivity index (χ0v) is 20.9. The van der Waals surface area contributed by atoms with Gasteiger partial charge in [-0.3, -0.25) is 0 Å². The van der Waals surface area contributed by atoms with Crippen molar-refractivity contribution < 1.29 is 0 Å². The minimum Gasteiger partial charge on any atom is -0.0683 e. The van der Waals surface area contributed by atoms with Crippen molar-refractivity contribution in [3.63, 3.8) is 0 Å². The van der Waals surface area contributed by atoms with Gasteiger partial charge in [-0.05, 0) is 57.6 Å². The molecule has 0 fully saturated rings. The molecule has 0 heteroatoms. The van der Waals surface area contributed by atoms with Gasteiger partial charge in [0.2, 0.25) is 0 Å². The van der Waals surface area contributed by atoms with Crippen LogP contribution in [0.4, 0.5) is 0 Å². The first-order chi connectivity index (χ1) is 14.7. The summed E-state index contributed by atoms with van der Waals surface area (Å²) in [5.74, 6) is 0. The van der Waals surface area contributed by atoms with Gasteiger partial charge in [0.15, 0.2) is 0 Å². The lowest BCUT2D eigenvalue weighted by Gasteiger charge is -2.14. The molecule has 162 valence electrons. The second-order valence-electron chi connectivity index (χ2n) is 6.01. The molecule has 0 spiro atoms. The van der Waals surface area contributed by atoms with E-state index >= 15 is 0 Å². The summed E-state index contributed by atoms with van der Waals surface area (Å²) in [6.45, 7) is 20.4. The fourth-order valence-corrected chi connectivity index (χ4v) is 3.41. The van der Waals surface area contributed by atoms with Crippen molar-refractivity contribution in [2.75, 3.05) is 0 Å². The maximum absolute atomic E-state index is 2.32. The van der Waals surface area contributed by atoms with Gasteiger partial charge in [-0.25, -0.2) is 0 Å². The predicted molar refractivity (Wildman–Crippen MR) is 142 cm³/mol. The van der Waals surface area contributed by atoms with E-state index in [-0.39, 0.29) is 0 Å². The highest BCUT2D eigenvalue weighted by Gasteiger charge is 2.11. The highest BCUT2D eigenvalue weighted by molar-refractivity contribution is 6.06. The van der Waals surface area contributed by atoms with E-state index in [1.807, 2.05) is 55.4 Å². The molecule has 0 heterocycles. The lowest BCUT2D eigenvalue weighted by atomic mass is 9.89. The van der Waals surface area contributed by atoms with Gasteiger partial charge in [-0.1, -0.05) is 128 Å². The first-order valence-electron chi connectivity index (χ1n) is 11.7. The van der Waals surface area contributed by atoms with Gasteiger partial charge in [0.05, 0.1) is 0 Å². The molecule has 0 aromatic heterocycles. The normalized spacial score (nSPS) is 9.00. The van der Waals surface area contributed by atoms with Crippen LogP contribution < -0.4 is 0 Å². The lowest BCUT2D eigenvalue weighted by Crippen LogP contribution is -1.89. The van der Waals surface area contributed by atoms with Crippen LogP contribution in [0.25, 0.3) is 32.7 Å². The van der Waals surface area contributed by atoms with E-state index in [9.17, 15) is 0 Å². The molecule has 0 amide bonds. The highest BCUT2D eigenvalue weighted by atomic mass is 14.1. The molecule has 0 aliphatic rings. The molecule has 0 unspecified atom stereocenters. The first-order valence-corrected chi connectivity index (χ1v) is 11.7. The summed E-state index contributed by atoms with van der Waals surface area (Å²) in [7, 11) is 0. The summed E-state index contributed by atoms with van der Waals surface area (Å²) in [5, 5.41) is 5.27. The standard InChI is InChI=1S/C22H18.4C2H6/c1-15-13-18-8-4-5-9-19(18)21(14-15)22-16(2)11-12-17-7-3-6-10-20(17)22;4*1-2/h3-14H,1-2H3;4*1-2H3. The molecule has 0 atom stereocenters. The maximum Gasteiger partial charge on any atom is -0.00698 e. The number of aryl methyl sites for hydroxylation is 2. The molecule has 0 saturated heterocycles. The van der Waals surface area contributed by atoms with Gasteiger partial charge in [0.1, 0.15) is 0 Å². The van der Waals surface area contributed by atoms with Crippen molar-refractivity contribution in [2.24, 2.45) is 0 Å². The number of rotatable bonds is 1. The van der Waals surface area contributed by atoms with E-state index in [4.69, 9.17) is 0 Å². The molecule has 0 N–H and O–H groups in total. The van der Waals surface area contributed by atoms with Gasteiger partial charge in [-0.2, -0.15) is 0 Å². The minimum atomic E-state index is 1.30. The Morgan fingerprint density at radius 2 is 0.967 bits per heavy atom. The Bertz CT molecular complexity index is 993. The van der Waals surface area contributed by atoms with Crippen molar-refractivity contribution in [1.29, 1.82) is 0 Å². The predicted octanol–water partition coefficient (Wildman–Crippen LogP) is 10.4. The molecule has 30 heavy (non-hydrogen) atoms. The van der Waals surface area contributed by atoms with Gasteiger partial charge in [0, 0.05) is 0 Å². The van der Waals surface area contributed by atoms with Crippen LogP contribution >= 0.6 is 0 Å². The van der Waals surface area contributed by atoms with Crippen molar-refractivity contribution in [2.45, 2.75) is 69.2 Å². The minimum absolute atomic E-state index is 1.30. The molecule has 0 radical (unpaired) electrons. The van der Waals surface area contributed by atoms with Crippen molar-refractivity contribution >= 4 is 21.5 Å². The van der Waals surface area contributed by atoms with Crippen LogP contribution in [0.15, 0.2) is 72.8 Å². The number of hydrogen-bond donors (Lipinski definition) is 0. The van der Waals surface area contributed by atoms with Crippen LogP contribution in [0.1, 0.15) is 66.5 Å². The van der Waals surface area contributed by atoms with Crippen LogP contribution in [-0.4, -0.2) is 0 Å². The van der Waals surface area contributed by atoms with Gasteiger partial charge in [-0.15, -0.1) is 0 Å². The van der Waals surface area contributed by atoms with E-state index in [2.05, 4.69) is 86.6 Å². The van der Waals surface area contributed by atoms with Gasteiger partial charge in [0.25, 0.3) is 0 Å². The molecule has 0 saturated carbocycles. The summed E-state index contributed by atoms with van der Waals surface area (Å²) in [6.07, 6.45) is 0. The zero-order valence-electron chi connectivity index (χ0n) is 20.9. The third-order valence-corrected chi connectivity index (χ3v) is 4.41. The topological polar surface area (TPSA) is 0 Å². The summed E-state index contributed by atoms with van der Waals surface area (Å²) in [4.78, 5) is 0. The SMILES string of the molecule is CC.CC.CC.CC.Cc1cc(-c2c(C)ccc3ccccc23)c2ccccc2c1. The van der Waals surface area contributed by atoms with Crippen LogP contribution in [-0.2, 0) is 0 Å². The molecule has 4 rings (SSSR count). The van der Waals surface area contributed by atoms with Crippen molar-refractivity contribution in [3.8, 4) is 11.1 Å². The van der Waals surface area contributed by atoms with Crippen molar-refractivity contribution in [1.82, 2.24) is 0 Å². The van der Waals surface area contributed by atoms with E-state index in [1.165, 1.54) is 43.8 Å². The highest BCUT2D eigenvalue weighted by Crippen LogP contribution is 2.37. The quantitative estimate of drug-likeness (QED) is 0.297. The van der Waals surface area contributed by atoms with E-state index < -0.39 is 0 Å². The third-order valence-electron chi connectivity index (χ3n) is 4.41. The molecular weight excluding hydrogens is 360 g/mol. The Kier molecular flexibility index (Phi) is 13.9. The smallest absolute Gasteiger partial charge is 0.00698 e. The van der Waals surface area contributed by atoms with E-state index in [0.717, 1.165) is 0 Å². The fraction of sp³-hybridized carbons (Fsp3) is 0.333. The van der Waals surface area contributed by atoms with Gasteiger partial charge >= 0.3 is 0 Å². The Hall–Kier alpha value is -2.60. The maximum atomic E-state index is 2.32. The Morgan fingerprint density at radius 3 is 1.57 bits per heavy atom. The number of benzene rings is 4. The molecule has 4 aromatic carbocycles. The largest absolute Gasteiger partial charge is 0.0683 e. The number of hydrogen-bond acceptors (Lipinski definition) is 0. The lowest BCUT2D eigenvalue weighted by molar-refractivity contribution is 1.46. The molecule has 0 nitrogen and oxygen atoms in total. The Balaban J connectivity index is 0.000000948. The molecule has 0 bridgehead atoms. The number of fused-ring (bicyclic) bond motifs is 2. The second-order valence-corrected chi connectivity index (χ2v) is 6.01. The third kappa shape index (κ3) is 6.46. The molecule has 0 aliphatic carbocycles. The average Bonchev–Trinajstić information content (AvgIpc) is 2.84. The molecule has 0 aliphatic heterocycles. The monoisotopic (exact) mass is 402 g/mol.